The second-order valence-electron chi connectivity index (χ2n) is 4.17. The molecule has 3 nitrogen and oxygen atoms in total. The number of anilines is 2. The first-order valence-electron chi connectivity index (χ1n) is 5.34. The maximum atomic E-state index is 5.89. The molecule has 84 valence electrons. The molecule has 0 aliphatic rings. The number of hydrogen-bond donors (Lipinski definition) is 2. The van der Waals surface area contributed by atoms with Gasteiger partial charge in [-0.25, -0.2) is 0 Å². The van der Waals surface area contributed by atoms with Crippen molar-refractivity contribution >= 4 is 11.4 Å². The molecule has 0 aliphatic heterocycles. The third-order valence-corrected chi connectivity index (χ3v) is 2.30. The molecule has 0 unspecified atom stereocenters. The zero-order chi connectivity index (χ0) is 11.3. The van der Waals surface area contributed by atoms with Gasteiger partial charge in [-0.05, 0) is 51.7 Å². The van der Waals surface area contributed by atoms with Gasteiger partial charge in [-0.3, -0.25) is 0 Å². The van der Waals surface area contributed by atoms with Crippen molar-refractivity contribution in [3.63, 3.8) is 0 Å². The fourth-order valence-corrected chi connectivity index (χ4v) is 1.46. The number of aryl methyl sites for hydroxylation is 1. The highest BCUT2D eigenvalue weighted by Gasteiger charge is 1.98. The van der Waals surface area contributed by atoms with Gasteiger partial charge in [0.1, 0.15) is 0 Å². The minimum atomic E-state index is 0.833. The van der Waals surface area contributed by atoms with Gasteiger partial charge in [-0.1, -0.05) is 6.07 Å². The molecule has 0 atom stereocenters. The van der Waals surface area contributed by atoms with Gasteiger partial charge in [0.25, 0.3) is 0 Å². The van der Waals surface area contributed by atoms with Crippen molar-refractivity contribution in [3.8, 4) is 0 Å². The van der Waals surface area contributed by atoms with E-state index in [4.69, 9.17) is 5.73 Å². The first-order valence-corrected chi connectivity index (χ1v) is 5.34. The molecule has 15 heavy (non-hydrogen) atoms. The Morgan fingerprint density at radius 1 is 1.33 bits per heavy atom. The third-order valence-electron chi connectivity index (χ3n) is 2.30. The summed E-state index contributed by atoms with van der Waals surface area (Å²) in [5.74, 6) is 0. The van der Waals surface area contributed by atoms with Crippen LogP contribution >= 0.6 is 0 Å². The smallest absolute Gasteiger partial charge is 0.0574 e. The van der Waals surface area contributed by atoms with Gasteiger partial charge in [-0.2, -0.15) is 0 Å². The summed E-state index contributed by atoms with van der Waals surface area (Å²) in [5, 5.41) is 3.34. The molecule has 0 bridgehead atoms. The summed E-state index contributed by atoms with van der Waals surface area (Å²) >= 11 is 0. The average molecular weight is 207 g/mol. The minimum Gasteiger partial charge on any atom is -0.397 e. The van der Waals surface area contributed by atoms with Crippen molar-refractivity contribution in [2.24, 2.45) is 0 Å². The Balaban J connectivity index is 2.37. The summed E-state index contributed by atoms with van der Waals surface area (Å²) in [6.07, 6.45) is 1.13. The molecule has 0 fully saturated rings. The molecule has 0 spiro atoms. The second kappa shape index (κ2) is 5.61. The van der Waals surface area contributed by atoms with Gasteiger partial charge in [0.05, 0.1) is 11.4 Å². The summed E-state index contributed by atoms with van der Waals surface area (Å²) in [5.41, 5.74) is 8.97. The molecule has 0 aromatic heterocycles. The lowest BCUT2D eigenvalue weighted by atomic mass is 10.2. The Bertz CT molecular complexity index is 308. The summed E-state index contributed by atoms with van der Waals surface area (Å²) < 4.78 is 0. The normalized spacial score (nSPS) is 10.7. The standard InChI is InChI=1S/C12H21N3/c1-10-5-6-12(11(13)9-10)14-7-4-8-15(2)3/h5-6,9,14H,4,7-8,13H2,1-3H3. The topological polar surface area (TPSA) is 41.3 Å². The number of hydrogen-bond acceptors (Lipinski definition) is 3. The maximum absolute atomic E-state index is 5.89. The van der Waals surface area contributed by atoms with Crippen molar-refractivity contribution in [2.45, 2.75) is 13.3 Å². The largest absolute Gasteiger partial charge is 0.397 e. The highest BCUT2D eigenvalue weighted by Crippen LogP contribution is 2.18. The lowest BCUT2D eigenvalue weighted by Crippen LogP contribution is -2.16. The van der Waals surface area contributed by atoms with Crippen LogP contribution in [0.2, 0.25) is 0 Å². The van der Waals surface area contributed by atoms with Gasteiger partial charge in [0, 0.05) is 6.54 Å². The van der Waals surface area contributed by atoms with Crippen LogP contribution in [0.1, 0.15) is 12.0 Å². The molecule has 1 aromatic carbocycles. The van der Waals surface area contributed by atoms with Gasteiger partial charge in [0.15, 0.2) is 0 Å². The van der Waals surface area contributed by atoms with Crippen molar-refractivity contribution in [2.75, 3.05) is 38.2 Å². The van der Waals surface area contributed by atoms with E-state index < -0.39 is 0 Å². The predicted molar refractivity (Wildman–Crippen MR) is 67.3 cm³/mol. The average Bonchev–Trinajstić information content (AvgIpc) is 2.14. The summed E-state index contributed by atoms with van der Waals surface area (Å²) in [6, 6.07) is 6.11. The van der Waals surface area contributed by atoms with Crippen molar-refractivity contribution in [1.82, 2.24) is 4.90 Å². The molecular weight excluding hydrogens is 186 g/mol. The molecule has 1 aromatic rings. The Labute approximate surface area is 92.3 Å². The SMILES string of the molecule is Cc1ccc(NCCCN(C)C)c(N)c1. The van der Waals surface area contributed by atoms with Crippen LogP contribution < -0.4 is 11.1 Å². The monoisotopic (exact) mass is 207 g/mol. The second-order valence-corrected chi connectivity index (χ2v) is 4.17. The zero-order valence-electron chi connectivity index (χ0n) is 9.88. The lowest BCUT2D eigenvalue weighted by Gasteiger charge is -2.12. The molecule has 0 radical (unpaired) electrons. The van der Waals surface area contributed by atoms with E-state index in [0.29, 0.717) is 0 Å². The Kier molecular flexibility index (Phi) is 4.43. The van der Waals surface area contributed by atoms with Crippen LogP contribution in [0.5, 0.6) is 0 Å². The molecule has 0 saturated carbocycles. The van der Waals surface area contributed by atoms with Crippen molar-refractivity contribution in [1.29, 1.82) is 0 Å². The fraction of sp³-hybridized carbons (Fsp3) is 0.500. The molecule has 0 amide bonds. The predicted octanol–water partition coefficient (Wildman–Crippen LogP) is 1.94. The number of rotatable bonds is 5. The Hall–Kier alpha value is -1.22. The van der Waals surface area contributed by atoms with Gasteiger partial charge in [-0.15, -0.1) is 0 Å². The van der Waals surface area contributed by atoms with Crippen LogP contribution in [0.3, 0.4) is 0 Å². The number of nitrogens with zero attached hydrogens (tertiary/aromatic N) is 1. The molecule has 1 rings (SSSR count). The van der Waals surface area contributed by atoms with E-state index in [1.54, 1.807) is 0 Å². The first kappa shape index (κ1) is 11.9. The molecule has 3 heteroatoms. The molecule has 0 aliphatic carbocycles. The lowest BCUT2D eigenvalue weighted by molar-refractivity contribution is 0.405. The quantitative estimate of drug-likeness (QED) is 0.572. The van der Waals surface area contributed by atoms with E-state index in [0.717, 1.165) is 30.9 Å². The van der Waals surface area contributed by atoms with Crippen LogP contribution in [0.15, 0.2) is 18.2 Å². The highest BCUT2D eigenvalue weighted by atomic mass is 15.1. The highest BCUT2D eigenvalue weighted by molar-refractivity contribution is 5.66. The van der Waals surface area contributed by atoms with Crippen molar-refractivity contribution < 1.29 is 0 Å². The maximum Gasteiger partial charge on any atom is 0.0574 e. The van der Waals surface area contributed by atoms with Crippen LogP contribution in [-0.4, -0.2) is 32.1 Å². The van der Waals surface area contributed by atoms with E-state index in [1.807, 2.05) is 19.1 Å². The molecule has 0 saturated heterocycles. The molecular formula is C12H21N3. The first-order chi connectivity index (χ1) is 7.09. The zero-order valence-corrected chi connectivity index (χ0v) is 9.88. The Morgan fingerprint density at radius 2 is 2.07 bits per heavy atom. The fourth-order valence-electron chi connectivity index (χ4n) is 1.46. The van der Waals surface area contributed by atoms with Crippen LogP contribution in [0, 0.1) is 6.92 Å². The van der Waals surface area contributed by atoms with E-state index in [9.17, 15) is 0 Å². The van der Waals surface area contributed by atoms with Crippen LogP contribution in [-0.2, 0) is 0 Å². The van der Waals surface area contributed by atoms with E-state index in [1.165, 1.54) is 5.56 Å². The summed E-state index contributed by atoms with van der Waals surface area (Å²) in [6.45, 7) is 4.11. The third kappa shape index (κ3) is 4.21. The summed E-state index contributed by atoms with van der Waals surface area (Å²) in [4.78, 5) is 2.18. The number of nitrogen functional groups attached to an aromatic ring is 1. The van der Waals surface area contributed by atoms with E-state index >= 15 is 0 Å². The molecule has 0 heterocycles. The Morgan fingerprint density at radius 3 is 2.67 bits per heavy atom. The number of nitrogens with one attached hydrogen (secondary N) is 1. The molecule has 3 N–H and O–H groups in total. The van der Waals surface area contributed by atoms with E-state index in [2.05, 4.69) is 30.4 Å². The van der Waals surface area contributed by atoms with Gasteiger partial charge >= 0.3 is 0 Å². The number of nitrogens with two attached hydrogens (primary N) is 1. The summed E-state index contributed by atoms with van der Waals surface area (Å²) in [7, 11) is 4.17. The minimum absolute atomic E-state index is 0.833. The van der Waals surface area contributed by atoms with E-state index in [-0.39, 0.29) is 0 Å². The van der Waals surface area contributed by atoms with Crippen LogP contribution in [0.4, 0.5) is 11.4 Å². The van der Waals surface area contributed by atoms with Crippen LogP contribution in [0.25, 0.3) is 0 Å². The van der Waals surface area contributed by atoms with Gasteiger partial charge in [0.2, 0.25) is 0 Å². The number of benzene rings is 1. The van der Waals surface area contributed by atoms with Gasteiger partial charge < -0.3 is 16.0 Å². The van der Waals surface area contributed by atoms with Crippen molar-refractivity contribution in [3.05, 3.63) is 23.8 Å².